The van der Waals surface area contributed by atoms with Gasteiger partial charge in [0.05, 0.1) is 18.2 Å². The van der Waals surface area contributed by atoms with Crippen molar-refractivity contribution >= 4 is 23.4 Å². The summed E-state index contributed by atoms with van der Waals surface area (Å²) in [5.41, 5.74) is 1.22. The van der Waals surface area contributed by atoms with E-state index in [0.717, 1.165) is 4.90 Å². The summed E-state index contributed by atoms with van der Waals surface area (Å²) in [5.74, 6) is -0.528. The summed E-state index contributed by atoms with van der Waals surface area (Å²) in [4.78, 5) is 39.6. The van der Waals surface area contributed by atoms with Crippen molar-refractivity contribution in [1.82, 2.24) is 4.90 Å². The van der Waals surface area contributed by atoms with Gasteiger partial charge in [0.1, 0.15) is 11.8 Å². The molecule has 0 radical (unpaired) electrons. The molecule has 1 heterocycles. The second-order valence-corrected chi connectivity index (χ2v) is 6.89. The molecular formula is C21H22N2O4. The minimum atomic E-state index is -0.886. The molecule has 0 aromatic heterocycles. The topological polar surface area (TPSA) is 75.7 Å². The highest BCUT2D eigenvalue weighted by Gasteiger charge is 2.42. The van der Waals surface area contributed by atoms with Crippen LogP contribution in [0.5, 0.6) is 5.75 Å². The summed E-state index contributed by atoms with van der Waals surface area (Å²) in [6, 6.07) is 12.7. The fourth-order valence-corrected chi connectivity index (χ4v) is 3.19. The maximum Gasteiger partial charge on any atom is 0.262 e. The summed E-state index contributed by atoms with van der Waals surface area (Å²) < 4.78 is 5.17. The Morgan fingerprint density at radius 2 is 1.67 bits per heavy atom. The van der Waals surface area contributed by atoms with Crippen molar-refractivity contribution in [3.63, 3.8) is 0 Å². The van der Waals surface area contributed by atoms with E-state index < -0.39 is 23.8 Å². The van der Waals surface area contributed by atoms with E-state index in [-0.39, 0.29) is 5.92 Å². The van der Waals surface area contributed by atoms with Crippen LogP contribution in [-0.2, 0) is 4.79 Å². The number of methoxy groups -OCH3 is 1. The fourth-order valence-electron chi connectivity index (χ4n) is 3.19. The minimum Gasteiger partial charge on any atom is -0.497 e. The molecule has 0 aliphatic carbocycles. The van der Waals surface area contributed by atoms with Crippen LogP contribution in [0.4, 0.5) is 5.69 Å². The first kappa shape index (κ1) is 18.6. The number of ether oxygens (including phenoxy) is 1. The Bertz CT molecular complexity index is 856. The third-order valence-corrected chi connectivity index (χ3v) is 4.47. The van der Waals surface area contributed by atoms with Crippen molar-refractivity contribution in [2.45, 2.75) is 26.3 Å². The smallest absolute Gasteiger partial charge is 0.262 e. The number of hydrogen-bond acceptors (Lipinski definition) is 4. The molecule has 1 N–H and O–H groups in total. The van der Waals surface area contributed by atoms with Gasteiger partial charge >= 0.3 is 0 Å². The zero-order valence-electron chi connectivity index (χ0n) is 15.6. The quantitative estimate of drug-likeness (QED) is 0.796. The highest BCUT2D eigenvalue weighted by Crippen LogP contribution is 2.28. The fraction of sp³-hybridized carbons (Fsp3) is 0.286. The van der Waals surface area contributed by atoms with E-state index in [1.165, 1.54) is 0 Å². The number of nitrogens with zero attached hydrogens (tertiary/aromatic N) is 1. The van der Waals surface area contributed by atoms with E-state index in [2.05, 4.69) is 5.32 Å². The first-order valence-corrected chi connectivity index (χ1v) is 8.84. The Hall–Kier alpha value is -3.15. The number of benzene rings is 2. The van der Waals surface area contributed by atoms with Gasteiger partial charge < -0.3 is 10.1 Å². The minimum absolute atomic E-state index is 0.121. The number of hydrogen-bond donors (Lipinski definition) is 1. The number of imide groups is 1. The molecular weight excluding hydrogens is 344 g/mol. The number of carbonyl (C=O) groups excluding carboxylic acids is 3. The third-order valence-electron chi connectivity index (χ3n) is 4.47. The van der Waals surface area contributed by atoms with Crippen LogP contribution >= 0.6 is 0 Å². The summed E-state index contributed by atoms with van der Waals surface area (Å²) in [6.07, 6.45) is 0.376. The van der Waals surface area contributed by atoms with Crippen LogP contribution in [0.2, 0.25) is 0 Å². The lowest BCUT2D eigenvalue weighted by molar-refractivity contribution is -0.120. The molecule has 0 saturated carbocycles. The first-order valence-electron chi connectivity index (χ1n) is 8.84. The van der Waals surface area contributed by atoms with E-state index in [9.17, 15) is 14.4 Å². The Labute approximate surface area is 158 Å². The van der Waals surface area contributed by atoms with Gasteiger partial charge in [0.2, 0.25) is 5.91 Å². The monoisotopic (exact) mass is 366 g/mol. The molecule has 6 heteroatoms. The van der Waals surface area contributed by atoms with Crippen molar-refractivity contribution in [2.24, 2.45) is 5.92 Å². The van der Waals surface area contributed by atoms with Crippen molar-refractivity contribution in [3.05, 3.63) is 59.7 Å². The molecule has 0 bridgehead atoms. The van der Waals surface area contributed by atoms with Crippen LogP contribution in [0.1, 0.15) is 41.0 Å². The standard InChI is InChI=1S/C21H22N2O4/c1-13(2)11-18(19(24)22-14-7-6-8-15(12-14)27-3)23-20(25)16-9-4-5-10-17(16)21(23)26/h4-10,12-13,18H,11H2,1-3H3,(H,22,24). The van der Waals surface area contributed by atoms with Crippen molar-refractivity contribution in [1.29, 1.82) is 0 Å². The lowest BCUT2D eigenvalue weighted by atomic mass is 10.0. The van der Waals surface area contributed by atoms with Gasteiger partial charge in [-0.2, -0.15) is 0 Å². The van der Waals surface area contributed by atoms with Crippen molar-refractivity contribution in [3.8, 4) is 5.75 Å². The first-order chi connectivity index (χ1) is 12.9. The van der Waals surface area contributed by atoms with Gasteiger partial charge in [-0.1, -0.05) is 32.0 Å². The molecule has 1 atom stereocenters. The summed E-state index contributed by atoms with van der Waals surface area (Å²) in [7, 11) is 1.54. The molecule has 1 aliphatic rings. The zero-order chi connectivity index (χ0) is 19.6. The number of amides is 3. The predicted molar refractivity (Wildman–Crippen MR) is 102 cm³/mol. The molecule has 0 saturated heterocycles. The van der Waals surface area contributed by atoms with E-state index in [4.69, 9.17) is 4.74 Å². The second-order valence-electron chi connectivity index (χ2n) is 6.89. The Morgan fingerprint density at radius 3 is 2.22 bits per heavy atom. The SMILES string of the molecule is COc1cccc(NC(=O)C(CC(C)C)N2C(=O)c3ccccc3C2=O)c1. The number of anilines is 1. The maximum absolute atomic E-state index is 13.0. The summed E-state index contributed by atoms with van der Waals surface area (Å²) in [5, 5.41) is 2.80. The third kappa shape index (κ3) is 3.69. The van der Waals surface area contributed by atoms with Gasteiger partial charge in [0, 0.05) is 11.8 Å². The molecule has 140 valence electrons. The van der Waals surface area contributed by atoms with E-state index in [0.29, 0.717) is 29.0 Å². The van der Waals surface area contributed by atoms with E-state index in [1.54, 1.807) is 55.6 Å². The lowest BCUT2D eigenvalue weighted by Crippen LogP contribution is -2.47. The highest BCUT2D eigenvalue weighted by atomic mass is 16.5. The van der Waals surface area contributed by atoms with Crippen molar-refractivity contribution in [2.75, 3.05) is 12.4 Å². The van der Waals surface area contributed by atoms with Crippen LogP contribution < -0.4 is 10.1 Å². The van der Waals surface area contributed by atoms with Gasteiger partial charge in [-0.3, -0.25) is 19.3 Å². The molecule has 0 spiro atoms. The number of fused-ring (bicyclic) bond motifs is 1. The molecule has 1 aliphatic heterocycles. The molecule has 6 nitrogen and oxygen atoms in total. The normalized spacial score (nSPS) is 14.3. The number of rotatable bonds is 6. The van der Waals surface area contributed by atoms with Crippen LogP contribution in [0, 0.1) is 5.92 Å². The molecule has 3 rings (SSSR count). The molecule has 0 fully saturated rings. The van der Waals surface area contributed by atoms with Crippen LogP contribution in [-0.4, -0.2) is 35.8 Å². The number of carbonyl (C=O) groups is 3. The van der Waals surface area contributed by atoms with Gasteiger partial charge in [0.15, 0.2) is 0 Å². The van der Waals surface area contributed by atoms with Gasteiger partial charge in [-0.25, -0.2) is 0 Å². The van der Waals surface area contributed by atoms with Crippen LogP contribution in [0.25, 0.3) is 0 Å². The zero-order valence-corrected chi connectivity index (χ0v) is 15.6. The molecule has 2 aromatic rings. The molecule has 2 aromatic carbocycles. The molecule has 27 heavy (non-hydrogen) atoms. The maximum atomic E-state index is 13.0. The van der Waals surface area contributed by atoms with Crippen LogP contribution in [0.3, 0.4) is 0 Å². The Balaban J connectivity index is 1.89. The van der Waals surface area contributed by atoms with E-state index in [1.807, 2.05) is 13.8 Å². The van der Waals surface area contributed by atoms with Gasteiger partial charge in [-0.05, 0) is 36.6 Å². The summed E-state index contributed by atoms with van der Waals surface area (Å²) >= 11 is 0. The Kier molecular flexibility index (Phi) is 5.26. The van der Waals surface area contributed by atoms with Gasteiger partial charge in [0.25, 0.3) is 11.8 Å². The number of nitrogens with one attached hydrogen (secondary N) is 1. The summed E-state index contributed by atoms with van der Waals surface area (Å²) in [6.45, 7) is 3.90. The van der Waals surface area contributed by atoms with E-state index >= 15 is 0 Å². The van der Waals surface area contributed by atoms with Crippen LogP contribution in [0.15, 0.2) is 48.5 Å². The predicted octanol–water partition coefficient (Wildman–Crippen LogP) is 3.34. The average molecular weight is 366 g/mol. The molecule has 1 unspecified atom stereocenters. The average Bonchev–Trinajstić information content (AvgIpc) is 2.91. The largest absolute Gasteiger partial charge is 0.497 e. The second kappa shape index (κ2) is 7.61. The lowest BCUT2D eigenvalue weighted by Gasteiger charge is -2.26. The Morgan fingerprint density at radius 1 is 1.04 bits per heavy atom. The van der Waals surface area contributed by atoms with Gasteiger partial charge in [-0.15, -0.1) is 0 Å². The van der Waals surface area contributed by atoms with Crippen molar-refractivity contribution < 1.29 is 19.1 Å². The molecule has 3 amide bonds. The highest BCUT2D eigenvalue weighted by molar-refractivity contribution is 6.23.